The zero-order chi connectivity index (χ0) is 29.7. The summed E-state index contributed by atoms with van der Waals surface area (Å²) >= 11 is 0. The quantitative estimate of drug-likeness (QED) is 0.0463. The highest BCUT2D eigenvalue weighted by molar-refractivity contribution is 7.47. The van der Waals surface area contributed by atoms with Crippen LogP contribution in [-0.4, -0.2) is 47.8 Å². The van der Waals surface area contributed by atoms with Crippen LogP contribution in [0.1, 0.15) is 110 Å². The molecule has 5 N–H and O–H groups in total. The molecule has 0 saturated heterocycles. The van der Waals surface area contributed by atoms with Gasteiger partial charge in [0.05, 0.1) is 25.4 Å². The van der Waals surface area contributed by atoms with Crippen LogP contribution in [0.15, 0.2) is 48.6 Å². The molecule has 40 heavy (non-hydrogen) atoms. The van der Waals surface area contributed by atoms with Gasteiger partial charge in [-0.25, -0.2) is 4.57 Å². The third-order valence-electron chi connectivity index (χ3n) is 6.16. The first kappa shape index (κ1) is 38.5. The van der Waals surface area contributed by atoms with Crippen molar-refractivity contribution in [3.63, 3.8) is 0 Å². The van der Waals surface area contributed by atoms with Gasteiger partial charge in [0.25, 0.3) is 0 Å². The average molecular weight is 585 g/mol. The first-order valence-corrected chi connectivity index (χ1v) is 16.8. The van der Waals surface area contributed by atoms with Crippen LogP contribution >= 0.6 is 7.82 Å². The van der Waals surface area contributed by atoms with Crippen molar-refractivity contribution in [3.05, 3.63) is 48.6 Å². The summed E-state index contributed by atoms with van der Waals surface area (Å²) in [4.78, 5) is 22.4. The molecule has 8 nitrogen and oxygen atoms in total. The Morgan fingerprint density at radius 3 is 2.12 bits per heavy atom. The highest BCUT2D eigenvalue weighted by atomic mass is 31.2. The number of aliphatic hydroxyl groups is 1. The SMILES string of the molecule is CC/C=C\C/C=C\C/C=C\CCCCCC(=O)NC(COP(=O)(O)OCCN)C(O)/C=C/CCCCCCCC. The Morgan fingerprint density at radius 2 is 1.45 bits per heavy atom. The molecular weight excluding hydrogens is 527 g/mol. The number of unbranched alkanes of at least 4 members (excludes halogenated alkanes) is 9. The van der Waals surface area contributed by atoms with Gasteiger partial charge in [-0.3, -0.25) is 13.8 Å². The first-order chi connectivity index (χ1) is 19.4. The monoisotopic (exact) mass is 584 g/mol. The van der Waals surface area contributed by atoms with Crippen molar-refractivity contribution in [2.75, 3.05) is 19.8 Å². The number of aliphatic hydroxyl groups excluding tert-OH is 1. The minimum atomic E-state index is -4.33. The number of nitrogens with two attached hydrogens (primary N) is 1. The lowest BCUT2D eigenvalue weighted by Gasteiger charge is -2.23. The van der Waals surface area contributed by atoms with E-state index in [1.54, 1.807) is 6.08 Å². The second-order valence-corrected chi connectivity index (χ2v) is 11.4. The lowest BCUT2D eigenvalue weighted by Crippen LogP contribution is -2.45. The summed E-state index contributed by atoms with van der Waals surface area (Å²) in [5.41, 5.74) is 5.31. The molecule has 0 aliphatic rings. The highest BCUT2D eigenvalue weighted by Gasteiger charge is 2.26. The van der Waals surface area contributed by atoms with Crippen LogP contribution in [0.2, 0.25) is 0 Å². The average Bonchev–Trinajstić information content (AvgIpc) is 2.93. The van der Waals surface area contributed by atoms with Crippen molar-refractivity contribution in [3.8, 4) is 0 Å². The van der Waals surface area contributed by atoms with Crippen molar-refractivity contribution >= 4 is 13.7 Å². The van der Waals surface area contributed by atoms with Gasteiger partial charge in [0.1, 0.15) is 0 Å². The lowest BCUT2D eigenvalue weighted by molar-refractivity contribution is -0.123. The molecule has 1 amide bonds. The van der Waals surface area contributed by atoms with Gasteiger partial charge < -0.3 is 21.1 Å². The number of carbonyl (C=O) groups excluding carboxylic acids is 1. The number of rotatable bonds is 27. The van der Waals surface area contributed by atoms with Crippen molar-refractivity contribution in [2.24, 2.45) is 5.73 Å². The molecule has 0 rings (SSSR count). The molecule has 0 aromatic carbocycles. The summed E-state index contributed by atoms with van der Waals surface area (Å²) in [6.45, 7) is 3.90. The van der Waals surface area contributed by atoms with E-state index in [9.17, 15) is 19.4 Å². The molecular formula is C31H57N2O6P. The molecule has 0 saturated carbocycles. The van der Waals surface area contributed by atoms with Crippen LogP contribution in [0, 0.1) is 0 Å². The number of carbonyl (C=O) groups is 1. The van der Waals surface area contributed by atoms with E-state index in [0.29, 0.717) is 6.42 Å². The summed E-state index contributed by atoms with van der Waals surface area (Å²) in [5.74, 6) is -0.231. The second kappa shape index (κ2) is 27.6. The van der Waals surface area contributed by atoms with E-state index < -0.39 is 20.0 Å². The minimum Gasteiger partial charge on any atom is -0.387 e. The predicted molar refractivity (Wildman–Crippen MR) is 166 cm³/mol. The fraction of sp³-hybridized carbons (Fsp3) is 0.710. The molecule has 0 fully saturated rings. The Bertz CT molecular complexity index is 769. The topological polar surface area (TPSA) is 131 Å². The Balaban J connectivity index is 4.50. The molecule has 0 aromatic rings. The van der Waals surface area contributed by atoms with Crippen molar-refractivity contribution in [2.45, 2.75) is 122 Å². The molecule has 0 radical (unpaired) electrons. The van der Waals surface area contributed by atoms with Gasteiger partial charge in [-0.15, -0.1) is 0 Å². The van der Waals surface area contributed by atoms with Crippen LogP contribution in [0.5, 0.6) is 0 Å². The third kappa shape index (κ3) is 25.4. The predicted octanol–water partition coefficient (Wildman–Crippen LogP) is 7.04. The molecule has 0 aliphatic heterocycles. The van der Waals surface area contributed by atoms with Crippen molar-refractivity contribution in [1.82, 2.24) is 5.32 Å². The zero-order valence-electron chi connectivity index (χ0n) is 25.1. The largest absolute Gasteiger partial charge is 0.472 e. The van der Waals surface area contributed by atoms with E-state index in [2.05, 4.69) is 55.6 Å². The van der Waals surface area contributed by atoms with E-state index in [1.807, 2.05) is 6.08 Å². The highest BCUT2D eigenvalue weighted by Crippen LogP contribution is 2.43. The van der Waals surface area contributed by atoms with E-state index in [0.717, 1.165) is 64.2 Å². The van der Waals surface area contributed by atoms with Gasteiger partial charge >= 0.3 is 7.82 Å². The van der Waals surface area contributed by atoms with Gasteiger partial charge in [0.15, 0.2) is 0 Å². The molecule has 232 valence electrons. The summed E-state index contributed by atoms with van der Waals surface area (Å²) in [7, 11) is -4.33. The Kier molecular flexibility index (Phi) is 26.6. The van der Waals surface area contributed by atoms with E-state index >= 15 is 0 Å². The van der Waals surface area contributed by atoms with Gasteiger partial charge in [0.2, 0.25) is 5.91 Å². The number of phosphoric acid groups is 1. The molecule has 3 unspecified atom stereocenters. The number of amides is 1. The van der Waals surface area contributed by atoms with E-state index in [-0.39, 0.29) is 25.7 Å². The lowest BCUT2D eigenvalue weighted by atomic mass is 10.1. The fourth-order valence-corrected chi connectivity index (χ4v) is 4.61. The summed E-state index contributed by atoms with van der Waals surface area (Å²) < 4.78 is 21.8. The fourth-order valence-electron chi connectivity index (χ4n) is 3.85. The van der Waals surface area contributed by atoms with Crippen LogP contribution in [-0.2, 0) is 18.4 Å². The molecule has 9 heteroatoms. The smallest absolute Gasteiger partial charge is 0.387 e. The number of hydrogen-bond acceptors (Lipinski definition) is 6. The molecule has 0 spiro atoms. The first-order valence-electron chi connectivity index (χ1n) is 15.3. The molecule has 0 aliphatic carbocycles. The Hall–Kier alpha value is -1.54. The maximum Gasteiger partial charge on any atom is 0.472 e. The summed E-state index contributed by atoms with van der Waals surface area (Å²) in [6.07, 6.45) is 30.3. The third-order valence-corrected chi connectivity index (χ3v) is 7.14. The summed E-state index contributed by atoms with van der Waals surface area (Å²) in [6, 6.07) is -0.872. The number of nitrogens with one attached hydrogen (secondary N) is 1. The van der Waals surface area contributed by atoms with Gasteiger partial charge in [-0.1, -0.05) is 101 Å². The van der Waals surface area contributed by atoms with Gasteiger partial charge in [-0.2, -0.15) is 0 Å². The van der Waals surface area contributed by atoms with Crippen LogP contribution in [0.3, 0.4) is 0 Å². The van der Waals surface area contributed by atoms with Crippen LogP contribution in [0.4, 0.5) is 0 Å². The van der Waals surface area contributed by atoms with Gasteiger partial charge in [-0.05, 0) is 51.4 Å². The second-order valence-electron chi connectivity index (χ2n) is 9.93. The minimum absolute atomic E-state index is 0.0711. The van der Waals surface area contributed by atoms with Crippen LogP contribution < -0.4 is 11.1 Å². The molecule has 0 aromatic heterocycles. The number of phosphoric ester groups is 1. The Morgan fingerprint density at radius 1 is 0.850 bits per heavy atom. The van der Waals surface area contributed by atoms with Crippen molar-refractivity contribution in [1.29, 1.82) is 0 Å². The molecule has 3 atom stereocenters. The maximum atomic E-state index is 12.5. The van der Waals surface area contributed by atoms with Crippen molar-refractivity contribution < 1.29 is 28.4 Å². The Labute approximate surface area is 243 Å². The summed E-state index contributed by atoms with van der Waals surface area (Å²) in [5, 5.41) is 13.4. The zero-order valence-corrected chi connectivity index (χ0v) is 25.9. The van der Waals surface area contributed by atoms with Gasteiger partial charge in [0, 0.05) is 13.0 Å². The maximum absolute atomic E-state index is 12.5. The molecule has 0 heterocycles. The normalized spacial score (nSPS) is 15.4. The standard InChI is InChI=1S/C31H57N2O6P/c1-3-5-7-9-11-13-14-15-16-17-19-21-23-25-31(35)33-29(28-39-40(36,37)38-27-26-32)30(34)24-22-20-18-12-10-8-6-4-2/h5,7,11,13,15-16,22,24,29-30,34H,3-4,6,8-10,12,14,17-21,23,25-28,32H2,1-2H3,(H,33,35)(H,36,37)/b7-5-,13-11-,16-15-,24-22+. The molecule has 0 bridgehead atoms. The van der Waals surface area contributed by atoms with E-state index in [1.165, 1.54) is 25.7 Å². The van der Waals surface area contributed by atoms with Crippen LogP contribution in [0.25, 0.3) is 0 Å². The number of hydrogen-bond donors (Lipinski definition) is 4. The number of allylic oxidation sites excluding steroid dienone is 7. The van der Waals surface area contributed by atoms with E-state index in [4.69, 9.17) is 14.8 Å².